The minimum Gasteiger partial charge on any atom is -0.467 e. The maximum Gasteiger partial charge on any atom is 0.408 e. The maximum absolute atomic E-state index is 12.9. The second-order valence-corrected chi connectivity index (χ2v) is 8.54. The highest BCUT2D eigenvalue weighted by Gasteiger charge is 2.29. The summed E-state index contributed by atoms with van der Waals surface area (Å²) in [4.78, 5) is 37.3. The van der Waals surface area contributed by atoms with Crippen molar-refractivity contribution in [3.8, 4) is 0 Å². The van der Waals surface area contributed by atoms with Crippen LogP contribution in [-0.4, -0.2) is 42.9 Å². The van der Waals surface area contributed by atoms with Crippen molar-refractivity contribution in [2.24, 2.45) is 5.92 Å². The summed E-state index contributed by atoms with van der Waals surface area (Å²) >= 11 is 1.50. The molecule has 0 fully saturated rings. The minimum atomic E-state index is -0.877. The largest absolute Gasteiger partial charge is 0.467 e. The number of amides is 2. The zero-order chi connectivity index (χ0) is 23.3. The molecular formula is C24H30N2O5S. The molecule has 2 amide bonds. The lowest BCUT2D eigenvalue weighted by molar-refractivity contribution is -0.146. The highest BCUT2D eigenvalue weighted by molar-refractivity contribution is 7.98. The first-order chi connectivity index (χ1) is 15.4. The molecule has 0 heterocycles. The van der Waals surface area contributed by atoms with E-state index in [2.05, 4.69) is 10.6 Å². The molecule has 0 aliphatic carbocycles. The molecule has 0 unspecified atom stereocenters. The van der Waals surface area contributed by atoms with Gasteiger partial charge in [-0.05, 0) is 17.0 Å². The lowest BCUT2D eigenvalue weighted by Gasteiger charge is -2.24. The van der Waals surface area contributed by atoms with Crippen LogP contribution < -0.4 is 10.6 Å². The van der Waals surface area contributed by atoms with Crippen molar-refractivity contribution >= 4 is 29.7 Å². The summed E-state index contributed by atoms with van der Waals surface area (Å²) in [6.45, 7) is 3.71. The van der Waals surface area contributed by atoms with Gasteiger partial charge in [0.1, 0.15) is 18.7 Å². The Morgan fingerprint density at radius 3 is 2.06 bits per heavy atom. The van der Waals surface area contributed by atoms with Gasteiger partial charge in [-0.15, -0.1) is 0 Å². The molecule has 2 rings (SSSR count). The molecule has 7 nitrogen and oxygen atoms in total. The van der Waals surface area contributed by atoms with Gasteiger partial charge in [-0.3, -0.25) is 4.79 Å². The van der Waals surface area contributed by atoms with Crippen LogP contribution in [0.2, 0.25) is 0 Å². The average Bonchev–Trinajstić information content (AvgIpc) is 2.81. The van der Waals surface area contributed by atoms with Crippen LogP contribution in [0.5, 0.6) is 0 Å². The summed E-state index contributed by atoms with van der Waals surface area (Å²) in [7, 11) is 1.27. The molecule has 2 atom stereocenters. The molecule has 0 spiro atoms. The molecule has 0 saturated heterocycles. The standard InChI is InChI=1S/C24H30N2O5S/c1-17(2)21(23(28)30-3)26-22(27)20(16-32-15-19-12-8-5-9-13-19)25-24(29)31-14-18-10-6-4-7-11-18/h4-13,17,20-21H,14-16H2,1-3H3,(H,25,29)(H,26,27)/t20-,21-/m0/s1. The summed E-state index contributed by atoms with van der Waals surface area (Å²) in [6, 6.07) is 17.4. The van der Waals surface area contributed by atoms with Gasteiger partial charge in [0.25, 0.3) is 0 Å². The Morgan fingerprint density at radius 1 is 0.906 bits per heavy atom. The molecule has 8 heteroatoms. The zero-order valence-corrected chi connectivity index (χ0v) is 19.4. The fourth-order valence-corrected chi connectivity index (χ4v) is 3.85. The Morgan fingerprint density at radius 2 is 1.50 bits per heavy atom. The quantitative estimate of drug-likeness (QED) is 0.501. The zero-order valence-electron chi connectivity index (χ0n) is 18.6. The molecule has 0 bridgehead atoms. The van der Waals surface area contributed by atoms with Gasteiger partial charge < -0.3 is 20.1 Å². The Hall–Kier alpha value is -3.00. The molecule has 2 aromatic carbocycles. The van der Waals surface area contributed by atoms with Gasteiger partial charge >= 0.3 is 12.1 Å². The van der Waals surface area contributed by atoms with E-state index >= 15 is 0 Å². The SMILES string of the molecule is COC(=O)[C@@H](NC(=O)[C@H](CSCc1ccccc1)NC(=O)OCc1ccccc1)C(C)C. The number of benzene rings is 2. The Bertz CT molecular complexity index is 861. The normalized spacial score (nSPS) is 12.5. The Kier molecular flexibility index (Phi) is 10.6. The number of alkyl carbamates (subject to hydrolysis) is 1. The number of rotatable bonds is 11. The van der Waals surface area contributed by atoms with Crippen LogP contribution in [0.25, 0.3) is 0 Å². The summed E-state index contributed by atoms with van der Waals surface area (Å²) in [6.07, 6.45) is -0.700. The number of esters is 1. The second-order valence-electron chi connectivity index (χ2n) is 7.51. The predicted molar refractivity (Wildman–Crippen MR) is 125 cm³/mol. The lowest BCUT2D eigenvalue weighted by atomic mass is 10.0. The van der Waals surface area contributed by atoms with Crippen LogP contribution in [0.4, 0.5) is 4.79 Å². The summed E-state index contributed by atoms with van der Waals surface area (Å²) < 4.78 is 10.1. The number of carbonyl (C=O) groups excluding carboxylic acids is 3. The van der Waals surface area contributed by atoms with Crippen molar-refractivity contribution in [1.29, 1.82) is 0 Å². The fourth-order valence-electron chi connectivity index (χ4n) is 2.84. The van der Waals surface area contributed by atoms with E-state index in [4.69, 9.17) is 9.47 Å². The van der Waals surface area contributed by atoms with Gasteiger partial charge in [0.2, 0.25) is 5.91 Å². The van der Waals surface area contributed by atoms with E-state index in [0.717, 1.165) is 11.1 Å². The van der Waals surface area contributed by atoms with Gasteiger partial charge in [-0.1, -0.05) is 74.5 Å². The number of nitrogens with one attached hydrogen (secondary N) is 2. The third-order valence-corrected chi connectivity index (χ3v) is 5.74. The molecular weight excluding hydrogens is 428 g/mol. The van der Waals surface area contributed by atoms with Crippen molar-refractivity contribution < 1.29 is 23.9 Å². The van der Waals surface area contributed by atoms with Gasteiger partial charge in [-0.2, -0.15) is 11.8 Å². The van der Waals surface area contributed by atoms with Crippen LogP contribution in [0, 0.1) is 5.92 Å². The van der Waals surface area contributed by atoms with E-state index in [1.807, 2.05) is 74.5 Å². The Balaban J connectivity index is 2.00. The molecule has 2 aromatic rings. The van der Waals surface area contributed by atoms with Gasteiger partial charge in [0.15, 0.2) is 0 Å². The van der Waals surface area contributed by atoms with Gasteiger partial charge in [0, 0.05) is 11.5 Å². The van der Waals surface area contributed by atoms with Crippen molar-refractivity contribution in [1.82, 2.24) is 10.6 Å². The topological polar surface area (TPSA) is 93.7 Å². The number of ether oxygens (including phenoxy) is 2. The number of hydrogen-bond acceptors (Lipinski definition) is 6. The van der Waals surface area contributed by atoms with E-state index in [1.165, 1.54) is 18.9 Å². The molecule has 0 aliphatic rings. The first-order valence-electron chi connectivity index (χ1n) is 10.4. The molecule has 0 aliphatic heterocycles. The van der Waals surface area contributed by atoms with Crippen LogP contribution in [0.3, 0.4) is 0 Å². The molecule has 0 radical (unpaired) electrons. The van der Waals surface area contributed by atoms with E-state index in [-0.39, 0.29) is 12.5 Å². The number of hydrogen-bond donors (Lipinski definition) is 2. The number of thioether (sulfide) groups is 1. The van der Waals surface area contributed by atoms with Crippen LogP contribution in [0.15, 0.2) is 60.7 Å². The molecule has 0 saturated carbocycles. The maximum atomic E-state index is 12.9. The predicted octanol–water partition coefficient (Wildman–Crippen LogP) is 3.53. The van der Waals surface area contributed by atoms with Crippen LogP contribution in [-0.2, 0) is 31.4 Å². The minimum absolute atomic E-state index is 0.0922. The third-order valence-electron chi connectivity index (χ3n) is 4.64. The monoisotopic (exact) mass is 458 g/mol. The van der Waals surface area contributed by atoms with Crippen molar-refractivity contribution in [3.63, 3.8) is 0 Å². The molecule has 32 heavy (non-hydrogen) atoms. The summed E-state index contributed by atoms with van der Waals surface area (Å²) in [5.74, 6) is -0.181. The van der Waals surface area contributed by atoms with Crippen molar-refractivity contribution in [2.45, 2.75) is 38.3 Å². The highest BCUT2D eigenvalue weighted by atomic mass is 32.2. The van der Waals surface area contributed by atoms with Gasteiger partial charge in [0.05, 0.1) is 7.11 Å². The first kappa shape index (κ1) is 25.3. The van der Waals surface area contributed by atoms with E-state index in [1.54, 1.807) is 0 Å². The van der Waals surface area contributed by atoms with E-state index < -0.39 is 30.1 Å². The summed E-state index contributed by atoms with van der Waals surface area (Å²) in [5.41, 5.74) is 1.95. The van der Waals surface area contributed by atoms with Gasteiger partial charge in [-0.25, -0.2) is 9.59 Å². The van der Waals surface area contributed by atoms with Crippen LogP contribution in [0.1, 0.15) is 25.0 Å². The average molecular weight is 459 g/mol. The smallest absolute Gasteiger partial charge is 0.408 e. The van der Waals surface area contributed by atoms with Crippen molar-refractivity contribution in [2.75, 3.05) is 12.9 Å². The van der Waals surface area contributed by atoms with E-state index in [9.17, 15) is 14.4 Å². The second kappa shape index (κ2) is 13.4. The molecule has 0 aromatic heterocycles. The first-order valence-corrected chi connectivity index (χ1v) is 11.5. The molecule has 172 valence electrons. The molecule has 2 N–H and O–H groups in total. The number of methoxy groups -OCH3 is 1. The highest BCUT2D eigenvalue weighted by Crippen LogP contribution is 2.14. The number of carbonyl (C=O) groups is 3. The lowest BCUT2D eigenvalue weighted by Crippen LogP contribution is -2.54. The summed E-state index contributed by atoms with van der Waals surface area (Å²) in [5, 5.41) is 5.33. The third kappa shape index (κ3) is 8.63. The Labute approximate surface area is 193 Å². The van der Waals surface area contributed by atoms with Crippen molar-refractivity contribution in [3.05, 3.63) is 71.8 Å². The van der Waals surface area contributed by atoms with Crippen LogP contribution >= 0.6 is 11.8 Å². The van der Waals surface area contributed by atoms with E-state index in [0.29, 0.717) is 11.5 Å². The fraction of sp³-hybridized carbons (Fsp3) is 0.375.